The van der Waals surface area contributed by atoms with Crippen LogP contribution in [0.15, 0.2) is 42.5 Å². The van der Waals surface area contributed by atoms with Crippen molar-refractivity contribution in [3.8, 4) is 0 Å². The number of nitrogens with zero attached hydrogens (tertiary/aromatic N) is 2. The van der Waals surface area contributed by atoms with Crippen LogP contribution in [-0.4, -0.2) is 53.4 Å². The SMILES string of the molecule is CN(c1cccc(NC(=O)C2CCCN(S(=O)(=O)Cc3ccc(Cl)cc3Cl)C2)c1)S(C)(=O)=O. The van der Waals surface area contributed by atoms with Crippen molar-refractivity contribution in [3.05, 3.63) is 58.1 Å². The molecule has 3 rings (SSSR count). The van der Waals surface area contributed by atoms with Gasteiger partial charge in [0.1, 0.15) is 0 Å². The van der Waals surface area contributed by atoms with Crippen molar-refractivity contribution in [1.29, 1.82) is 0 Å². The van der Waals surface area contributed by atoms with Gasteiger partial charge in [-0.05, 0) is 48.7 Å². The van der Waals surface area contributed by atoms with Crippen molar-refractivity contribution in [3.63, 3.8) is 0 Å². The number of amides is 1. The van der Waals surface area contributed by atoms with Gasteiger partial charge in [0.25, 0.3) is 0 Å². The zero-order valence-electron chi connectivity index (χ0n) is 18.2. The summed E-state index contributed by atoms with van der Waals surface area (Å²) in [4.78, 5) is 12.9. The summed E-state index contributed by atoms with van der Waals surface area (Å²) in [7, 11) is -5.72. The number of piperidine rings is 1. The third-order valence-corrected chi connectivity index (χ3v) is 9.06. The molecule has 0 aliphatic carbocycles. The molecule has 12 heteroatoms. The lowest BCUT2D eigenvalue weighted by atomic mass is 9.98. The average molecular weight is 534 g/mol. The fraction of sp³-hybridized carbons (Fsp3) is 0.381. The van der Waals surface area contributed by atoms with Gasteiger partial charge in [0.15, 0.2) is 0 Å². The topological polar surface area (TPSA) is 104 Å². The van der Waals surface area contributed by atoms with Crippen molar-refractivity contribution >= 4 is 60.5 Å². The van der Waals surface area contributed by atoms with Crippen LogP contribution < -0.4 is 9.62 Å². The standard InChI is InChI=1S/C21H25Cl2N3O5S2/c1-25(32(2,28)29)19-7-3-6-18(12-19)24-21(27)15-5-4-10-26(13-15)33(30,31)14-16-8-9-17(22)11-20(16)23/h3,6-9,11-12,15H,4-5,10,13-14H2,1-2H3,(H,24,27). The van der Waals surface area contributed by atoms with Crippen molar-refractivity contribution in [1.82, 2.24) is 4.31 Å². The number of nitrogens with one attached hydrogen (secondary N) is 1. The van der Waals surface area contributed by atoms with E-state index in [2.05, 4.69) is 5.32 Å². The van der Waals surface area contributed by atoms with E-state index in [1.807, 2.05) is 0 Å². The minimum atomic E-state index is -3.69. The first kappa shape index (κ1) is 25.8. The fourth-order valence-electron chi connectivity index (χ4n) is 3.55. The van der Waals surface area contributed by atoms with Crippen LogP contribution in [0.25, 0.3) is 0 Å². The molecule has 1 aliphatic heterocycles. The molecule has 33 heavy (non-hydrogen) atoms. The predicted octanol–water partition coefficient (Wildman–Crippen LogP) is 3.57. The van der Waals surface area contributed by atoms with E-state index in [0.29, 0.717) is 41.3 Å². The van der Waals surface area contributed by atoms with Crippen LogP contribution in [0.2, 0.25) is 10.0 Å². The van der Waals surface area contributed by atoms with Crippen LogP contribution in [-0.2, 0) is 30.6 Å². The summed E-state index contributed by atoms with van der Waals surface area (Å²) < 4.78 is 51.9. The van der Waals surface area contributed by atoms with E-state index in [1.54, 1.807) is 36.4 Å². The molecule has 1 atom stereocenters. The number of anilines is 2. The average Bonchev–Trinajstić information content (AvgIpc) is 2.75. The van der Waals surface area contributed by atoms with Crippen molar-refractivity contribution in [2.45, 2.75) is 18.6 Å². The van der Waals surface area contributed by atoms with Gasteiger partial charge in [-0.3, -0.25) is 9.10 Å². The Kier molecular flexibility index (Phi) is 7.95. The molecule has 0 aromatic heterocycles. The minimum absolute atomic E-state index is 0.0578. The number of carbonyl (C=O) groups is 1. The third kappa shape index (κ3) is 6.60. The van der Waals surface area contributed by atoms with Crippen LogP contribution in [0, 0.1) is 5.92 Å². The fourth-order valence-corrected chi connectivity index (χ4v) is 6.24. The molecular weight excluding hydrogens is 509 g/mol. The molecule has 0 radical (unpaired) electrons. The largest absolute Gasteiger partial charge is 0.326 e. The summed E-state index contributed by atoms with van der Waals surface area (Å²) >= 11 is 12.0. The third-order valence-electron chi connectivity index (χ3n) is 5.48. The molecular formula is C21H25Cl2N3O5S2. The Bertz CT molecular complexity index is 1250. The summed E-state index contributed by atoms with van der Waals surface area (Å²) in [5.74, 6) is -1.14. The summed E-state index contributed by atoms with van der Waals surface area (Å²) in [6.07, 6.45) is 2.18. The highest BCUT2D eigenvalue weighted by Gasteiger charge is 2.33. The lowest BCUT2D eigenvalue weighted by Gasteiger charge is -2.31. The van der Waals surface area contributed by atoms with E-state index in [-0.39, 0.29) is 23.2 Å². The Balaban J connectivity index is 1.69. The zero-order chi connectivity index (χ0) is 24.4. The highest BCUT2D eigenvalue weighted by Crippen LogP contribution is 2.27. The number of benzene rings is 2. The number of carbonyl (C=O) groups excluding carboxylic acids is 1. The first-order chi connectivity index (χ1) is 15.4. The van der Waals surface area contributed by atoms with Gasteiger partial charge in [-0.15, -0.1) is 0 Å². The van der Waals surface area contributed by atoms with Gasteiger partial charge in [0, 0.05) is 35.9 Å². The second-order valence-electron chi connectivity index (χ2n) is 7.96. The van der Waals surface area contributed by atoms with E-state index >= 15 is 0 Å². The van der Waals surface area contributed by atoms with Crippen LogP contribution in [0.4, 0.5) is 11.4 Å². The van der Waals surface area contributed by atoms with Gasteiger partial charge in [-0.2, -0.15) is 0 Å². The second-order valence-corrected chi connectivity index (χ2v) is 12.8. The molecule has 180 valence electrons. The maximum Gasteiger partial charge on any atom is 0.231 e. The Hall–Kier alpha value is -1.85. The highest BCUT2D eigenvalue weighted by atomic mass is 35.5. The van der Waals surface area contributed by atoms with Gasteiger partial charge in [-0.1, -0.05) is 35.3 Å². The quantitative estimate of drug-likeness (QED) is 0.585. The van der Waals surface area contributed by atoms with E-state index in [1.165, 1.54) is 17.4 Å². The van der Waals surface area contributed by atoms with E-state index in [9.17, 15) is 21.6 Å². The maximum atomic E-state index is 13.0. The van der Waals surface area contributed by atoms with Crippen molar-refractivity contribution < 1.29 is 21.6 Å². The van der Waals surface area contributed by atoms with Crippen molar-refractivity contribution in [2.75, 3.05) is 36.0 Å². The number of hydrogen-bond acceptors (Lipinski definition) is 5. The van der Waals surface area contributed by atoms with E-state index in [0.717, 1.165) is 10.6 Å². The molecule has 0 bridgehead atoms. The number of halogens is 2. The normalized spacial score (nSPS) is 17.5. The molecule has 1 amide bonds. The number of rotatable bonds is 7. The number of sulfonamides is 2. The van der Waals surface area contributed by atoms with Crippen LogP contribution in [0.5, 0.6) is 0 Å². The van der Waals surface area contributed by atoms with Gasteiger partial charge in [-0.25, -0.2) is 21.1 Å². The van der Waals surface area contributed by atoms with E-state index < -0.39 is 26.0 Å². The van der Waals surface area contributed by atoms with Gasteiger partial charge < -0.3 is 5.32 Å². The Labute approximate surface area is 204 Å². The Morgan fingerprint density at radius 2 is 1.88 bits per heavy atom. The van der Waals surface area contributed by atoms with Gasteiger partial charge >= 0.3 is 0 Å². The molecule has 2 aromatic rings. The molecule has 1 N–H and O–H groups in total. The summed E-state index contributed by atoms with van der Waals surface area (Å²) in [6.45, 7) is 0.383. The molecule has 1 fully saturated rings. The van der Waals surface area contributed by atoms with Gasteiger partial charge in [0.2, 0.25) is 26.0 Å². The lowest BCUT2D eigenvalue weighted by molar-refractivity contribution is -0.120. The first-order valence-electron chi connectivity index (χ1n) is 10.1. The summed E-state index contributed by atoms with van der Waals surface area (Å²) in [5, 5.41) is 3.47. The molecule has 0 saturated carbocycles. The predicted molar refractivity (Wildman–Crippen MR) is 132 cm³/mol. The summed E-state index contributed by atoms with van der Waals surface area (Å²) in [5.41, 5.74) is 1.28. The molecule has 1 unspecified atom stereocenters. The summed E-state index contributed by atoms with van der Waals surface area (Å²) in [6, 6.07) is 11.1. The lowest BCUT2D eigenvalue weighted by Crippen LogP contribution is -2.44. The molecule has 1 heterocycles. The minimum Gasteiger partial charge on any atom is -0.326 e. The van der Waals surface area contributed by atoms with Crippen LogP contribution >= 0.6 is 23.2 Å². The molecule has 2 aromatic carbocycles. The Morgan fingerprint density at radius 1 is 1.15 bits per heavy atom. The maximum absolute atomic E-state index is 13.0. The molecule has 1 saturated heterocycles. The monoisotopic (exact) mass is 533 g/mol. The molecule has 0 spiro atoms. The number of hydrogen-bond donors (Lipinski definition) is 1. The smallest absolute Gasteiger partial charge is 0.231 e. The molecule has 8 nitrogen and oxygen atoms in total. The van der Waals surface area contributed by atoms with Crippen molar-refractivity contribution in [2.24, 2.45) is 5.92 Å². The highest BCUT2D eigenvalue weighted by molar-refractivity contribution is 7.92. The van der Waals surface area contributed by atoms with E-state index in [4.69, 9.17) is 23.2 Å². The first-order valence-corrected chi connectivity index (χ1v) is 14.3. The van der Waals surface area contributed by atoms with Crippen LogP contribution in [0.1, 0.15) is 18.4 Å². The second kappa shape index (κ2) is 10.2. The zero-order valence-corrected chi connectivity index (χ0v) is 21.3. The Morgan fingerprint density at radius 3 is 2.55 bits per heavy atom. The van der Waals surface area contributed by atoms with Crippen LogP contribution in [0.3, 0.4) is 0 Å². The molecule has 1 aliphatic rings. The van der Waals surface area contributed by atoms with Gasteiger partial charge in [0.05, 0.1) is 23.6 Å².